The molecule has 2 N–H and O–H groups in total. The van der Waals surface area contributed by atoms with Gasteiger partial charge in [-0.1, -0.05) is 6.42 Å². The van der Waals surface area contributed by atoms with E-state index in [1.54, 1.807) is 12.3 Å². The van der Waals surface area contributed by atoms with Gasteiger partial charge in [-0.15, -0.1) is 0 Å². The molecule has 0 aliphatic carbocycles. The van der Waals surface area contributed by atoms with Crippen molar-refractivity contribution in [1.29, 1.82) is 0 Å². The zero-order chi connectivity index (χ0) is 12.8. The molecule has 2 heterocycles. The van der Waals surface area contributed by atoms with Crippen LogP contribution in [0.4, 0.5) is 5.82 Å². The fourth-order valence-corrected chi connectivity index (χ4v) is 2.03. The van der Waals surface area contributed by atoms with Crippen LogP contribution in [0.3, 0.4) is 0 Å². The molecule has 0 aromatic carbocycles. The highest BCUT2D eigenvalue weighted by Crippen LogP contribution is 2.08. The van der Waals surface area contributed by atoms with E-state index in [0.717, 1.165) is 38.3 Å². The Labute approximate surface area is 108 Å². The number of aromatic nitrogens is 1. The molecular formula is C13H20N4O. The molecule has 1 amide bonds. The van der Waals surface area contributed by atoms with Crippen LogP contribution in [0.15, 0.2) is 18.3 Å². The number of pyridine rings is 1. The van der Waals surface area contributed by atoms with Gasteiger partial charge in [0.1, 0.15) is 5.82 Å². The molecule has 0 atom stereocenters. The van der Waals surface area contributed by atoms with Crippen LogP contribution >= 0.6 is 0 Å². The van der Waals surface area contributed by atoms with Gasteiger partial charge in [-0.3, -0.25) is 10.2 Å². The first kappa shape index (κ1) is 12.8. The lowest BCUT2D eigenvalue weighted by Crippen LogP contribution is -2.45. The fraction of sp³-hybridized carbons (Fsp3) is 0.538. The number of hydrogen-bond donors (Lipinski definition) is 2. The SMILES string of the molecule is CCNc1ccc(C(=O)NN2CCCCC2)cn1. The third kappa shape index (κ3) is 3.43. The number of nitrogens with zero attached hydrogens (tertiary/aromatic N) is 2. The summed E-state index contributed by atoms with van der Waals surface area (Å²) in [6.07, 6.45) is 5.17. The fourth-order valence-electron chi connectivity index (χ4n) is 2.03. The van der Waals surface area contributed by atoms with E-state index in [1.807, 2.05) is 18.0 Å². The molecule has 0 unspecified atom stereocenters. The number of carbonyl (C=O) groups is 1. The highest BCUT2D eigenvalue weighted by Gasteiger charge is 2.14. The Morgan fingerprint density at radius 1 is 1.33 bits per heavy atom. The summed E-state index contributed by atoms with van der Waals surface area (Å²) >= 11 is 0. The molecule has 1 aromatic rings. The minimum atomic E-state index is -0.0764. The molecule has 98 valence electrons. The van der Waals surface area contributed by atoms with Crippen molar-refractivity contribution in [2.45, 2.75) is 26.2 Å². The van der Waals surface area contributed by atoms with E-state index in [-0.39, 0.29) is 5.91 Å². The summed E-state index contributed by atoms with van der Waals surface area (Å²) < 4.78 is 0. The summed E-state index contributed by atoms with van der Waals surface area (Å²) in [6.45, 7) is 4.72. The van der Waals surface area contributed by atoms with Crippen molar-refractivity contribution < 1.29 is 4.79 Å². The van der Waals surface area contributed by atoms with Crippen LogP contribution in [0.25, 0.3) is 0 Å². The molecule has 0 spiro atoms. The summed E-state index contributed by atoms with van der Waals surface area (Å²) in [5, 5.41) is 5.09. The Morgan fingerprint density at radius 2 is 2.11 bits per heavy atom. The lowest BCUT2D eigenvalue weighted by atomic mass is 10.2. The second-order valence-electron chi connectivity index (χ2n) is 4.45. The topological polar surface area (TPSA) is 57.3 Å². The number of hydrogen-bond acceptors (Lipinski definition) is 4. The molecule has 2 rings (SSSR count). The monoisotopic (exact) mass is 248 g/mol. The number of amides is 1. The van der Waals surface area contributed by atoms with Crippen molar-refractivity contribution in [2.24, 2.45) is 0 Å². The number of hydrazine groups is 1. The zero-order valence-corrected chi connectivity index (χ0v) is 10.8. The molecule has 5 heteroatoms. The standard InChI is InChI=1S/C13H20N4O/c1-2-14-12-7-6-11(10-15-12)13(18)16-17-8-4-3-5-9-17/h6-7,10H,2-5,8-9H2,1H3,(H,14,15)(H,16,18). The van der Waals surface area contributed by atoms with Crippen LogP contribution in [-0.2, 0) is 0 Å². The predicted octanol–water partition coefficient (Wildman–Crippen LogP) is 1.64. The van der Waals surface area contributed by atoms with Gasteiger partial charge in [0.2, 0.25) is 0 Å². The maximum absolute atomic E-state index is 12.0. The van der Waals surface area contributed by atoms with Crippen LogP contribution in [0.1, 0.15) is 36.5 Å². The van der Waals surface area contributed by atoms with Gasteiger partial charge in [-0.2, -0.15) is 0 Å². The number of rotatable bonds is 4. The van der Waals surface area contributed by atoms with Gasteiger partial charge < -0.3 is 5.32 Å². The molecular weight excluding hydrogens is 228 g/mol. The van der Waals surface area contributed by atoms with E-state index in [0.29, 0.717) is 5.56 Å². The van der Waals surface area contributed by atoms with Crippen molar-refractivity contribution >= 4 is 11.7 Å². The molecule has 1 aliphatic rings. The molecule has 0 bridgehead atoms. The third-order valence-corrected chi connectivity index (χ3v) is 3.00. The molecule has 1 aromatic heterocycles. The van der Waals surface area contributed by atoms with Gasteiger partial charge in [0, 0.05) is 25.8 Å². The third-order valence-electron chi connectivity index (χ3n) is 3.00. The maximum Gasteiger partial charge on any atom is 0.267 e. The number of anilines is 1. The zero-order valence-electron chi connectivity index (χ0n) is 10.8. The van der Waals surface area contributed by atoms with Crippen LogP contribution in [0.2, 0.25) is 0 Å². The Hall–Kier alpha value is -1.62. The van der Waals surface area contributed by atoms with E-state index in [2.05, 4.69) is 15.7 Å². The first-order valence-corrected chi connectivity index (χ1v) is 6.55. The Bertz CT molecular complexity index is 384. The van der Waals surface area contributed by atoms with Crippen molar-refractivity contribution in [1.82, 2.24) is 15.4 Å². The second-order valence-corrected chi connectivity index (χ2v) is 4.45. The summed E-state index contributed by atoms with van der Waals surface area (Å²) in [5.41, 5.74) is 3.52. The minimum Gasteiger partial charge on any atom is -0.370 e. The first-order valence-electron chi connectivity index (χ1n) is 6.55. The van der Waals surface area contributed by atoms with Crippen molar-refractivity contribution in [2.75, 3.05) is 25.0 Å². The smallest absolute Gasteiger partial charge is 0.267 e. The summed E-state index contributed by atoms with van der Waals surface area (Å²) in [5.74, 6) is 0.722. The predicted molar refractivity (Wildman–Crippen MR) is 71.3 cm³/mol. The highest BCUT2D eigenvalue weighted by atomic mass is 16.2. The van der Waals surface area contributed by atoms with Gasteiger partial charge in [0.25, 0.3) is 5.91 Å². The quantitative estimate of drug-likeness (QED) is 0.850. The second kappa shape index (κ2) is 6.35. The summed E-state index contributed by atoms with van der Waals surface area (Å²) in [4.78, 5) is 16.2. The molecule has 0 radical (unpaired) electrons. The van der Waals surface area contributed by atoms with Gasteiger partial charge in [0.05, 0.1) is 5.56 Å². The minimum absolute atomic E-state index is 0.0764. The average Bonchev–Trinajstić information content (AvgIpc) is 2.41. The van der Waals surface area contributed by atoms with Gasteiger partial charge in [-0.05, 0) is 31.9 Å². The number of carbonyl (C=O) groups excluding carboxylic acids is 1. The maximum atomic E-state index is 12.0. The molecule has 5 nitrogen and oxygen atoms in total. The van der Waals surface area contributed by atoms with Gasteiger partial charge >= 0.3 is 0 Å². The molecule has 0 saturated carbocycles. The van der Waals surface area contributed by atoms with Crippen LogP contribution < -0.4 is 10.7 Å². The van der Waals surface area contributed by atoms with Crippen molar-refractivity contribution in [3.63, 3.8) is 0 Å². The van der Waals surface area contributed by atoms with Crippen LogP contribution in [-0.4, -0.2) is 35.5 Å². The molecule has 1 aliphatic heterocycles. The van der Waals surface area contributed by atoms with E-state index in [9.17, 15) is 4.79 Å². The lowest BCUT2D eigenvalue weighted by Gasteiger charge is -2.26. The van der Waals surface area contributed by atoms with Gasteiger partial charge in [0.15, 0.2) is 0 Å². The Morgan fingerprint density at radius 3 is 2.72 bits per heavy atom. The van der Waals surface area contributed by atoms with E-state index < -0.39 is 0 Å². The Kier molecular flexibility index (Phi) is 4.52. The summed E-state index contributed by atoms with van der Waals surface area (Å²) in [6, 6.07) is 3.62. The van der Waals surface area contributed by atoms with Crippen LogP contribution in [0.5, 0.6) is 0 Å². The summed E-state index contributed by atoms with van der Waals surface area (Å²) in [7, 11) is 0. The van der Waals surface area contributed by atoms with Crippen molar-refractivity contribution in [3.05, 3.63) is 23.9 Å². The first-order chi connectivity index (χ1) is 8.79. The van der Waals surface area contributed by atoms with E-state index in [1.165, 1.54) is 6.42 Å². The molecule has 1 fully saturated rings. The van der Waals surface area contributed by atoms with Gasteiger partial charge in [-0.25, -0.2) is 9.99 Å². The largest absolute Gasteiger partial charge is 0.370 e. The van der Waals surface area contributed by atoms with E-state index >= 15 is 0 Å². The number of piperidine rings is 1. The molecule has 18 heavy (non-hydrogen) atoms. The lowest BCUT2D eigenvalue weighted by molar-refractivity contribution is 0.0749. The van der Waals surface area contributed by atoms with Crippen molar-refractivity contribution in [3.8, 4) is 0 Å². The normalized spacial score (nSPS) is 16.3. The highest BCUT2D eigenvalue weighted by molar-refractivity contribution is 5.93. The van der Waals surface area contributed by atoms with Crippen LogP contribution in [0, 0.1) is 0 Å². The number of nitrogens with one attached hydrogen (secondary N) is 2. The Balaban J connectivity index is 1.91. The molecule has 1 saturated heterocycles. The average molecular weight is 248 g/mol. The van der Waals surface area contributed by atoms with E-state index in [4.69, 9.17) is 0 Å².